The molecule has 0 radical (unpaired) electrons. The number of aromatic nitrogens is 2. The van der Waals surface area contributed by atoms with Crippen LogP contribution in [-0.4, -0.2) is 16.0 Å². The Hall–Kier alpha value is -0.830. The molecule has 2 N–H and O–H groups in total. The number of H-pyrrole nitrogens is 1. The van der Waals surface area contributed by atoms with Crippen molar-refractivity contribution in [3.63, 3.8) is 0 Å². The van der Waals surface area contributed by atoms with Crippen molar-refractivity contribution in [1.82, 2.24) is 15.3 Å². The van der Waals surface area contributed by atoms with E-state index in [0.717, 1.165) is 12.4 Å². The smallest absolute Gasteiger partial charge is 0.120 e. The highest BCUT2D eigenvalue weighted by Crippen LogP contribution is 2.18. The van der Waals surface area contributed by atoms with Gasteiger partial charge in [-0.3, -0.25) is 0 Å². The molecule has 0 bridgehead atoms. The fourth-order valence-electron chi connectivity index (χ4n) is 0.951. The molecule has 13 heavy (non-hydrogen) atoms. The summed E-state index contributed by atoms with van der Waals surface area (Å²) in [5, 5.41) is 3.43. The minimum atomic E-state index is 0.298. The highest BCUT2D eigenvalue weighted by Gasteiger charge is 2.19. The first kappa shape index (κ1) is 10.3. The second-order valence-electron chi connectivity index (χ2n) is 4.50. The molecule has 1 aromatic rings. The van der Waals surface area contributed by atoms with Crippen molar-refractivity contribution >= 4 is 0 Å². The average Bonchev–Trinajstić information content (AvgIpc) is 2.50. The van der Waals surface area contributed by atoms with Gasteiger partial charge in [-0.1, -0.05) is 20.8 Å². The third-order valence-electron chi connectivity index (χ3n) is 2.43. The minimum absolute atomic E-state index is 0.298. The van der Waals surface area contributed by atoms with E-state index in [-0.39, 0.29) is 0 Å². The van der Waals surface area contributed by atoms with Gasteiger partial charge in [-0.25, -0.2) is 4.98 Å². The number of imidazole rings is 1. The van der Waals surface area contributed by atoms with E-state index in [1.165, 1.54) is 0 Å². The van der Waals surface area contributed by atoms with Crippen molar-refractivity contribution in [2.24, 2.45) is 5.41 Å². The number of nitrogens with zero attached hydrogens (tertiary/aromatic N) is 1. The van der Waals surface area contributed by atoms with Crippen LogP contribution in [0.2, 0.25) is 0 Å². The van der Waals surface area contributed by atoms with E-state index in [1.54, 1.807) is 6.20 Å². The molecule has 3 heteroatoms. The lowest BCUT2D eigenvalue weighted by molar-refractivity contribution is 0.283. The summed E-state index contributed by atoms with van der Waals surface area (Å²) in [5.41, 5.74) is 0.298. The molecule has 1 heterocycles. The zero-order chi connectivity index (χ0) is 9.90. The van der Waals surface area contributed by atoms with Gasteiger partial charge in [-0.15, -0.1) is 0 Å². The summed E-state index contributed by atoms with van der Waals surface area (Å²) in [6.45, 7) is 9.70. The normalized spacial score (nSPS) is 14.5. The first-order valence-electron chi connectivity index (χ1n) is 4.72. The Morgan fingerprint density at radius 1 is 1.54 bits per heavy atom. The predicted molar refractivity (Wildman–Crippen MR) is 54.3 cm³/mol. The van der Waals surface area contributed by atoms with Crippen LogP contribution in [0, 0.1) is 5.41 Å². The second-order valence-corrected chi connectivity index (χ2v) is 4.50. The molecule has 0 aliphatic heterocycles. The minimum Gasteiger partial charge on any atom is -0.348 e. The molecule has 1 aromatic heterocycles. The average molecular weight is 181 g/mol. The maximum Gasteiger partial charge on any atom is 0.120 e. The molecule has 1 atom stereocenters. The van der Waals surface area contributed by atoms with Crippen LogP contribution in [0.5, 0.6) is 0 Å². The van der Waals surface area contributed by atoms with Gasteiger partial charge in [-0.05, 0) is 12.3 Å². The summed E-state index contributed by atoms with van der Waals surface area (Å²) in [6.07, 6.45) is 3.62. The molecule has 0 aromatic carbocycles. The summed E-state index contributed by atoms with van der Waals surface area (Å²) in [5.74, 6) is 0.996. The Bertz CT molecular complexity index is 233. The summed E-state index contributed by atoms with van der Waals surface area (Å²) < 4.78 is 0. The van der Waals surface area contributed by atoms with Gasteiger partial charge in [0.2, 0.25) is 0 Å². The topological polar surface area (TPSA) is 40.7 Å². The summed E-state index contributed by atoms with van der Waals surface area (Å²) in [6, 6.07) is 0.484. The third kappa shape index (κ3) is 3.19. The van der Waals surface area contributed by atoms with E-state index in [4.69, 9.17) is 0 Å². The van der Waals surface area contributed by atoms with E-state index >= 15 is 0 Å². The zero-order valence-electron chi connectivity index (χ0n) is 8.89. The van der Waals surface area contributed by atoms with Crippen molar-refractivity contribution in [3.8, 4) is 0 Å². The van der Waals surface area contributed by atoms with Gasteiger partial charge in [0.15, 0.2) is 0 Å². The monoisotopic (exact) mass is 181 g/mol. The van der Waals surface area contributed by atoms with E-state index in [2.05, 4.69) is 43.0 Å². The van der Waals surface area contributed by atoms with Crippen molar-refractivity contribution in [1.29, 1.82) is 0 Å². The second kappa shape index (κ2) is 3.92. The number of hydrogen-bond donors (Lipinski definition) is 2. The van der Waals surface area contributed by atoms with Crippen LogP contribution in [0.4, 0.5) is 0 Å². The van der Waals surface area contributed by atoms with E-state index in [1.807, 2.05) is 6.20 Å². The fourth-order valence-corrected chi connectivity index (χ4v) is 0.951. The van der Waals surface area contributed by atoms with Crippen LogP contribution >= 0.6 is 0 Å². The van der Waals surface area contributed by atoms with Gasteiger partial charge in [0, 0.05) is 18.4 Å². The van der Waals surface area contributed by atoms with Gasteiger partial charge in [-0.2, -0.15) is 0 Å². The van der Waals surface area contributed by atoms with Crippen LogP contribution in [0.15, 0.2) is 12.4 Å². The first-order valence-corrected chi connectivity index (χ1v) is 4.72. The van der Waals surface area contributed by atoms with Gasteiger partial charge in [0.1, 0.15) is 5.82 Å². The molecular weight excluding hydrogens is 162 g/mol. The maximum atomic E-state index is 4.15. The van der Waals surface area contributed by atoms with Crippen LogP contribution in [0.25, 0.3) is 0 Å². The Balaban J connectivity index is 2.35. The quantitative estimate of drug-likeness (QED) is 0.748. The van der Waals surface area contributed by atoms with E-state index in [0.29, 0.717) is 11.5 Å². The molecule has 0 aliphatic carbocycles. The lowest BCUT2D eigenvalue weighted by atomic mass is 9.88. The van der Waals surface area contributed by atoms with Gasteiger partial charge in [0.25, 0.3) is 0 Å². The van der Waals surface area contributed by atoms with Gasteiger partial charge < -0.3 is 10.3 Å². The largest absolute Gasteiger partial charge is 0.348 e. The van der Waals surface area contributed by atoms with Gasteiger partial charge in [0.05, 0.1) is 6.54 Å². The van der Waals surface area contributed by atoms with E-state index < -0.39 is 0 Å². The molecule has 0 saturated carbocycles. The van der Waals surface area contributed by atoms with Crippen molar-refractivity contribution < 1.29 is 0 Å². The van der Waals surface area contributed by atoms with Crippen LogP contribution in [-0.2, 0) is 6.54 Å². The highest BCUT2D eigenvalue weighted by atomic mass is 15.0. The number of aromatic amines is 1. The van der Waals surface area contributed by atoms with Crippen molar-refractivity contribution in [2.45, 2.75) is 40.3 Å². The highest BCUT2D eigenvalue weighted by molar-refractivity contribution is 4.87. The Kier molecular flexibility index (Phi) is 3.09. The third-order valence-corrected chi connectivity index (χ3v) is 2.43. The molecule has 0 saturated heterocycles. The fraction of sp³-hybridized carbons (Fsp3) is 0.700. The van der Waals surface area contributed by atoms with Crippen LogP contribution < -0.4 is 5.32 Å². The van der Waals surface area contributed by atoms with Crippen molar-refractivity contribution in [2.75, 3.05) is 0 Å². The van der Waals surface area contributed by atoms with Crippen LogP contribution in [0.3, 0.4) is 0 Å². The molecule has 3 nitrogen and oxygen atoms in total. The van der Waals surface area contributed by atoms with Crippen molar-refractivity contribution in [3.05, 3.63) is 18.2 Å². The molecule has 74 valence electrons. The maximum absolute atomic E-state index is 4.15. The number of rotatable bonds is 3. The molecule has 1 rings (SSSR count). The Morgan fingerprint density at radius 2 is 2.23 bits per heavy atom. The number of hydrogen-bond acceptors (Lipinski definition) is 2. The predicted octanol–water partition coefficient (Wildman–Crippen LogP) is 1.93. The zero-order valence-corrected chi connectivity index (χ0v) is 8.89. The SMILES string of the molecule is CC(NCc1ncc[nH]1)C(C)(C)C. The molecule has 0 aliphatic rings. The first-order chi connectivity index (χ1) is 6.00. The summed E-state index contributed by atoms with van der Waals surface area (Å²) >= 11 is 0. The molecule has 0 fully saturated rings. The molecular formula is C10H19N3. The lowest BCUT2D eigenvalue weighted by Gasteiger charge is -2.27. The molecule has 0 amide bonds. The Labute approximate surface area is 80.0 Å². The van der Waals surface area contributed by atoms with Gasteiger partial charge >= 0.3 is 0 Å². The standard InChI is InChI=1S/C10H19N3/c1-8(10(2,3)4)13-7-9-11-5-6-12-9/h5-6,8,13H,7H2,1-4H3,(H,11,12). The summed E-state index contributed by atoms with van der Waals surface area (Å²) in [4.78, 5) is 7.22. The van der Waals surface area contributed by atoms with E-state index in [9.17, 15) is 0 Å². The molecule has 1 unspecified atom stereocenters. The van der Waals surface area contributed by atoms with Crippen LogP contribution in [0.1, 0.15) is 33.5 Å². The molecule has 0 spiro atoms. The lowest BCUT2D eigenvalue weighted by Crippen LogP contribution is -2.37. The summed E-state index contributed by atoms with van der Waals surface area (Å²) in [7, 11) is 0. The Morgan fingerprint density at radius 3 is 2.69 bits per heavy atom. The number of nitrogens with one attached hydrogen (secondary N) is 2.